The molecule has 2 unspecified atom stereocenters. The lowest BCUT2D eigenvalue weighted by Gasteiger charge is -2.25. The summed E-state index contributed by atoms with van der Waals surface area (Å²) in [4.78, 5) is 25.2. The summed E-state index contributed by atoms with van der Waals surface area (Å²) in [6, 6.07) is 12.9. The Labute approximate surface area is 249 Å². The van der Waals surface area contributed by atoms with Crippen LogP contribution in [0.15, 0.2) is 42.6 Å². The van der Waals surface area contributed by atoms with E-state index in [1.165, 1.54) is 50.0 Å². The van der Waals surface area contributed by atoms with Crippen molar-refractivity contribution in [3.05, 3.63) is 59.4 Å². The van der Waals surface area contributed by atoms with Crippen molar-refractivity contribution >= 4 is 45.4 Å². The van der Waals surface area contributed by atoms with Crippen LogP contribution in [0.2, 0.25) is 0 Å². The van der Waals surface area contributed by atoms with E-state index in [1.807, 2.05) is 29.7 Å². The lowest BCUT2D eigenvalue weighted by molar-refractivity contribution is 0.0953. The number of pyridine rings is 2. The highest BCUT2D eigenvalue weighted by atomic mass is 127. The van der Waals surface area contributed by atoms with Gasteiger partial charge in [0.05, 0.1) is 24.7 Å². The number of carbonyl (C=O) groups is 1. The number of likely N-dealkylation sites (tertiary alicyclic amines) is 1. The first kappa shape index (κ1) is 27.5. The molecule has 6 rings (SSSR count). The minimum absolute atomic E-state index is 0.153. The Morgan fingerprint density at radius 1 is 1.12 bits per heavy atom. The maximum Gasteiger partial charge on any atom is 0.255 e. The van der Waals surface area contributed by atoms with Gasteiger partial charge in [0, 0.05) is 41.0 Å². The maximum atomic E-state index is 12.5. The van der Waals surface area contributed by atoms with Crippen LogP contribution in [0.1, 0.15) is 54.2 Å². The Bertz CT molecular complexity index is 1550. The molecule has 4 aromatic rings. The number of rotatable bonds is 7. The summed E-state index contributed by atoms with van der Waals surface area (Å²) < 4.78 is 7.53. The topological polar surface area (TPSA) is 85.2 Å². The zero-order valence-electron chi connectivity index (χ0n) is 22.9. The molecule has 1 aliphatic heterocycles. The Kier molecular flexibility index (Phi) is 8.32. The van der Waals surface area contributed by atoms with Gasteiger partial charge in [0.2, 0.25) is 0 Å². The number of methoxy groups -OCH3 is 1. The molecule has 1 saturated heterocycles. The Morgan fingerprint density at radius 3 is 2.73 bits per heavy atom. The van der Waals surface area contributed by atoms with Crippen LogP contribution in [-0.4, -0.2) is 63.1 Å². The molecule has 0 saturated carbocycles. The van der Waals surface area contributed by atoms with Crippen LogP contribution in [0.5, 0.6) is 5.75 Å². The Morgan fingerprint density at radius 2 is 1.95 bits per heavy atom. The molecule has 0 bridgehead atoms. The molecule has 4 heterocycles. The van der Waals surface area contributed by atoms with E-state index in [4.69, 9.17) is 19.8 Å². The molecule has 208 valence electrons. The first-order valence-corrected chi connectivity index (χ1v) is 18.1. The van der Waals surface area contributed by atoms with Gasteiger partial charge in [-0.15, -0.1) is 0 Å². The second-order valence-electron chi connectivity index (χ2n) is 10.5. The van der Waals surface area contributed by atoms with E-state index < -0.39 is 0 Å². The van der Waals surface area contributed by atoms with Gasteiger partial charge in [-0.1, -0.05) is 12.1 Å². The predicted molar refractivity (Wildman–Crippen MR) is 170 cm³/mol. The average molecular weight is 669 g/mol. The minimum atomic E-state index is -0.153. The number of halogens is 1. The molecule has 1 aliphatic carbocycles. The lowest BCUT2D eigenvalue weighted by atomic mass is 10.0. The molecule has 2 atom stereocenters. The third kappa shape index (κ3) is 5.35. The van der Waals surface area contributed by atoms with Gasteiger partial charge >= 0.3 is 0 Å². The van der Waals surface area contributed by atoms with E-state index >= 15 is 0 Å². The monoisotopic (exact) mass is 668 g/mol. The zero-order valence-corrected chi connectivity index (χ0v) is 26.1. The van der Waals surface area contributed by atoms with E-state index in [1.54, 1.807) is 13.2 Å². The molecule has 8 nitrogen and oxygen atoms in total. The number of carbonyl (C=O) groups excluding carboxylic acids is 1. The quantitative estimate of drug-likeness (QED) is 0.147. The normalized spacial score (nSPS) is 17.8. The Balaban J connectivity index is 1.35. The van der Waals surface area contributed by atoms with Crippen molar-refractivity contribution in [2.75, 3.05) is 26.7 Å². The highest BCUT2D eigenvalue weighted by Gasteiger charge is 2.25. The summed E-state index contributed by atoms with van der Waals surface area (Å²) in [6.07, 6.45) is 9.53. The van der Waals surface area contributed by atoms with Crippen molar-refractivity contribution in [1.82, 2.24) is 29.7 Å². The third-order valence-electron chi connectivity index (χ3n) is 8.14. The molecule has 10 heteroatoms. The standard InChI is InChI=1S/C30H34IN6O2P/c1-3-32-30(38)23-11-7-20(17-27(23)39-2)28-24-16-21(18-33-29(24)37(35-28)40-31)26-12-8-19-6-9-22(10-13-25(19)34-26)36-14-4-5-15-36/h7-8,11-12,16-18,22,40H,3-6,9-10,13-15H2,1-2H3,(H,32,38). The van der Waals surface area contributed by atoms with Crippen LogP contribution in [0, 0.1) is 0 Å². The fourth-order valence-electron chi connectivity index (χ4n) is 6.07. The number of amides is 1. The number of nitrogens with zero attached hydrogens (tertiary/aromatic N) is 5. The largest absolute Gasteiger partial charge is 0.496 e. The van der Waals surface area contributed by atoms with Gasteiger partial charge in [0.1, 0.15) is 11.4 Å². The fourth-order valence-corrected chi connectivity index (χ4v) is 7.48. The summed E-state index contributed by atoms with van der Waals surface area (Å²) in [5.41, 5.74) is 7.59. The van der Waals surface area contributed by atoms with E-state index in [-0.39, 0.29) is 5.91 Å². The maximum absolute atomic E-state index is 12.5. The molecule has 1 amide bonds. The van der Waals surface area contributed by atoms with Crippen molar-refractivity contribution in [1.29, 1.82) is 0 Å². The molecular formula is C30H34IN6O2P. The summed E-state index contributed by atoms with van der Waals surface area (Å²) >= 11 is 2.33. The van der Waals surface area contributed by atoms with Crippen molar-refractivity contribution < 1.29 is 9.53 Å². The summed E-state index contributed by atoms with van der Waals surface area (Å²) in [5.74, 6) is 0.367. The molecule has 3 aromatic heterocycles. The van der Waals surface area contributed by atoms with Crippen molar-refractivity contribution in [2.24, 2.45) is 0 Å². The number of aryl methyl sites for hydroxylation is 2. The van der Waals surface area contributed by atoms with Crippen LogP contribution in [0.3, 0.4) is 0 Å². The molecule has 1 aromatic carbocycles. The van der Waals surface area contributed by atoms with Gasteiger partial charge in [-0.2, -0.15) is 5.10 Å². The van der Waals surface area contributed by atoms with Crippen LogP contribution in [-0.2, 0) is 12.8 Å². The van der Waals surface area contributed by atoms with E-state index in [2.05, 4.69) is 50.5 Å². The fraction of sp³-hybridized carbons (Fsp3) is 0.400. The van der Waals surface area contributed by atoms with Gasteiger partial charge in [0.25, 0.3) is 5.91 Å². The van der Waals surface area contributed by atoms with E-state index in [0.717, 1.165) is 46.4 Å². The number of ether oxygens (including phenoxy) is 1. The lowest BCUT2D eigenvalue weighted by Crippen LogP contribution is -2.32. The highest BCUT2D eigenvalue weighted by Crippen LogP contribution is 2.37. The molecule has 40 heavy (non-hydrogen) atoms. The minimum Gasteiger partial charge on any atom is -0.496 e. The van der Waals surface area contributed by atoms with Crippen LogP contribution in [0.4, 0.5) is 0 Å². The summed E-state index contributed by atoms with van der Waals surface area (Å²) in [7, 11) is 1.59. The average Bonchev–Trinajstić information content (AvgIpc) is 3.60. The number of aromatic nitrogens is 4. The van der Waals surface area contributed by atoms with Gasteiger partial charge in [-0.25, -0.2) is 9.44 Å². The van der Waals surface area contributed by atoms with Crippen molar-refractivity contribution in [3.63, 3.8) is 0 Å². The summed E-state index contributed by atoms with van der Waals surface area (Å²) in [6.45, 7) is 4.95. The molecular weight excluding hydrogens is 634 g/mol. The molecule has 1 fully saturated rings. The van der Waals surface area contributed by atoms with E-state index in [0.29, 0.717) is 30.3 Å². The van der Waals surface area contributed by atoms with Gasteiger partial charge in [-0.3, -0.25) is 9.78 Å². The van der Waals surface area contributed by atoms with Crippen molar-refractivity contribution in [2.45, 2.75) is 51.5 Å². The molecule has 0 radical (unpaired) electrons. The number of fused-ring (bicyclic) bond motifs is 2. The number of nitrogens with one attached hydrogen (secondary N) is 1. The summed E-state index contributed by atoms with van der Waals surface area (Å²) in [5, 5.41) is 8.71. The van der Waals surface area contributed by atoms with E-state index in [9.17, 15) is 4.79 Å². The zero-order chi connectivity index (χ0) is 27.6. The number of benzene rings is 1. The number of hydrogen-bond donors (Lipinski definition) is 1. The van der Waals surface area contributed by atoms with Crippen LogP contribution < -0.4 is 10.1 Å². The smallest absolute Gasteiger partial charge is 0.255 e. The number of hydrogen-bond acceptors (Lipinski definition) is 6. The second kappa shape index (κ2) is 12.1. The second-order valence-corrected chi connectivity index (χ2v) is 12.5. The third-order valence-corrected chi connectivity index (χ3v) is 9.98. The molecule has 2 aliphatic rings. The molecule has 1 N–H and O–H groups in total. The SMILES string of the molecule is CCNC(=O)c1ccc(-c2nn(PI)c3ncc(-c4ccc5c(n4)CCC(N4CCCC4)CC5)cc23)cc1OC. The van der Waals surface area contributed by atoms with Gasteiger partial charge < -0.3 is 15.0 Å². The first-order chi connectivity index (χ1) is 19.6. The van der Waals surface area contributed by atoms with Gasteiger partial charge in [-0.05, 0) is 110 Å². The molecule has 0 spiro atoms. The van der Waals surface area contributed by atoms with Crippen molar-refractivity contribution in [3.8, 4) is 28.3 Å². The first-order valence-electron chi connectivity index (χ1n) is 14.0. The highest BCUT2D eigenvalue weighted by molar-refractivity contribution is 14.2. The Hall–Kier alpha value is -2.62. The van der Waals surface area contributed by atoms with Crippen LogP contribution >= 0.6 is 28.4 Å². The van der Waals surface area contributed by atoms with Crippen LogP contribution in [0.25, 0.3) is 33.5 Å². The predicted octanol–water partition coefficient (Wildman–Crippen LogP) is 6.05. The van der Waals surface area contributed by atoms with Gasteiger partial charge in [0.15, 0.2) is 5.65 Å².